The number of ether oxygens (including phenoxy) is 1. The van der Waals surface area contributed by atoms with E-state index in [1.807, 2.05) is 18.2 Å². The van der Waals surface area contributed by atoms with Crippen molar-refractivity contribution in [2.45, 2.75) is 50.7 Å². The Bertz CT molecular complexity index is 566. The van der Waals surface area contributed by atoms with E-state index in [1.54, 1.807) is 0 Å². The second kappa shape index (κ2) is 7.79. The van der Waals surface area contributed by atoms with E-state index in [-0.39, 0.29) is 29.9 Å². The van der Waals surface area contributed by atoms with E-state index >= 15 is 0 Å². The average Bonchev–Trinajstić information content (AvgIpc) is 2.63. The lowest BCUT2D eigenvalue weighted by Gasteiger charge is -2.32. The number of hydrogen-bond acceptors (Lipinski definition) is 3. The van der Waals surface area contributed by atoms with Gasteiger partial charge < -0.3 is 15.2 Å². The van der Waals surface area contributed by atoms with Crippen molar-refractivity contribution in [1.82, 2.24) is 5.32 Å². The van der Waals surface area contributed by atoms with E-state index in [9.17, 15) is 9.59 Å². The standard InChI is InChI=1S/C19H25NO4/c21-18(14-6-8-15(9-7-14)19(22)23)20-16-10-11-24-17(12-16)13-4-2-1-3-5-13/h1-5,14-17H,6-12H2,(H,20,21)(H,22,23). The second-order valence-electron chi connectivity index (χ2n) is 6.89. The molecule has 1 saturated heterocycles. The van der Waals surface area contributed by atoms with E-state index in [0.29, 0.717) is 32.3 Å². The van der Waals surface area contributed by atoms with Gasteiger partial charge in [-0.3, -0.25) is 9.59 Å². The van der Waals surface area contributed by atoms with Gasteiger partial charge in [-0.2, -0.15) is 0 Å². The van der Waals surface area contributed by atoms with Gasteiger partial charge in [-0.1, -0.05) is 30.3 Å². The summed E-state index contributed by atoms with van der Waals surface area (Å²) in [4.78, 5) is 23.5. The minimum atomic E-state index is -0.732. The first-order chi connectivity index (χ1) is 11.6. The van der Waals surface area contributed by atoms with Crippen molar-refractivity contribution >= 4 is 11.9 Å². The van der Waals surface area contributed by atoms with Crippen molar-refractivity contribution in [3.05, 3.63) is 35.9 Å². The Kier molecular flexibility index (Phi) is 5.51. The first-order valence-corrected chi connectivity index (χ1v) is 8.83. The molecule has 24 heavy (non-hydrogen) atoms. The third kappa shape index (κ3) is 4.15. The lowest BCUT2D eigenvalue weighted by Crippen LogP contribution is -2.43. The van der Waals surface area contributed by atoms with Gasteiger partial charge in [0.1, 0.15) is 0 Å². The monoisotopic (exact) mass is 331 g/mol. The maximum atomic E-state index is 12.5. The van der Waals surface area contributed by atoms with Crippen molar-refractivity contribution in [2.75, 3.05) is 6.61 Å². The number of carbonyl (C=O) groups is 2. The van der Waals surface area contributed by atoms with Crippen LogP contribution in [0.15, 0.2) is 30.3 Å². The van der Waals surface area contributed by atoms with Gasteiger partial charge in [0.05, 0.1) is 12.0 Å². The van der Waals surface area contributed by atoms with E-state index in [2.05, 4.69) is 17.4 Å². The zero-order valence-corrected chi connectivity index (χ0v) is 13.8. The first kappa shape index (κ1) is 17.0. The number of amides is 1. The molecule has 1 aromatic carbocycles. The van der Waals surface area contributed by atoms with Crippen LogP contribution in [0.2, 0.25) is 0 Å². The molecule has 1 saturated carbocycles. The molecule has 2 N–H and O–H groups in total. The van der Waals surface area contributed by atoms with E-state index < -0.39 is 5.97 Å². The molecular formula is C19H25NO4. The van der Waals surface area contributed by atoms with Gasteiger partial charge >= 0.3 is 5.97 Å². The van der Waals surface area contributed by atoms with Crippen LogP contribution in [0.3, 0.4) is 0 Å². The molecule has 0 spiro atoms. The normalized spacial score (nSPS) is 30.5. The minimum absolute atomic E-state index is 0.0352. The Labute approximate surface area is 142 Å². The van der Waals surface area contributed by atoms with Crippen molar-refractivity contribution in [3.63, 3.8) is 0 Å². The summed E-state index contributed by atoms with van der Waals surface area (Å²) in [6, 6.07) is 10.2. The lowest BCUT2D eigenvalue weighted by atomic mass is 9.81. The van der Waals surface area contributed by atoms with Crippen LogP contribution < -0.4 is 5.32 Å². The predicted octanol–water partition coefficient (Wildman–Crippen LogP) is 2.91. The summed E-state index contributed by atoms with van der Waals surface area (Å²) in [6.45, 7) is 0.649. The highest BCUT2D eigenvalue weighted by Crippen LogP contribution is 2.31. The predicted molar refractivity (Wildman–Crippen MR) is 89.4 cm³/mol. The molecule has 1 aliphatic carbocycles. The van der Waals surface area contributed by atoms with Crippen LogP contribution >= 0.6 is 0 Å². The zero-order chi connectivity index (χ0) is 16.9. The van der Waals surface area contributed by atoms with Gasteiger partial charge in [-0.05, 0) is 44.1 Å². The maximum Gasteiger partial charge on any atom is 0.306 e. The molecule has 3 rings (SSSR count). The number of carboxylic acid groups (broad SMARTS) is 1. The number of rotatable bonds is 4. The fraction of sp³-hybridized carbons (Fsp3) is 0.579. The van der Waals surface area contributed by atoms with Gasteiger partial charge in [0, 0.05) is 18.6 Å². The Balaban J connectivity index is 1.50. The molecule has 1 amide bonds. The molecule has 2 aliphatic rings. The van der Waals surface area contributed by atoms with Crippen LogP contribution in [0, 0.1) is 11.8 Å². The summed E-state index contributed by atoms with van der Waals surface area (Å²) in [6.07, 6.45) is 4.22. The first-order valence-electron chi connectivity index (χ1n) is 8.83. The topological polar surface area (TPSA) is 75.6 Å². The minimum Gasteiger partial charge on any atom is -0.481 e. The number of aliphatic carboxylic acids is 1. The molecule has 2 fully saturated rings. The van der Waals surface area contributed by atoms with E-state index in [1.165, 1.54) is 0 Å². The fourth-order valence-electron chi connectivity index (χ4n) is 3.75. The van der Waals surface area contributed by atoms with Crippen LogP contribution in [0.4, 0.5) is 0 Å². The molecular weight excluding hydrogens is 306 g/mol. The fourth-order valence-corrected chi connectivity index (χ4v) is 3.75. The Morgan fingerprint density at radius 2 is 1.67 bits per heavy atom. The zero-order valence-electron chi connectivity index (χ0n) is 13.8. The summed E-state index contributed by atoms with van der Waals surface area (Å²) in [5, 5.41) is 12.2. The van der Waals surface area contributed by atoms with Gasteiger partial charge in [0.15, 0.2) is 0 Å². The Hall–Kier alpha value is -1.88. The molecule has 130 valence electrons. The average molecular weight is 331 g/mol. The highest BCUT2D eigenvalue weighted by Gasteiger charge is 2.32. The van der Waals surface area contributed by atoms with Crippen molar-refractivity contribution in [1.29, 1.82) is 0 Å². The van der Waals surface area contributed by atoms with Gasteiger partial charge in [-0.15, -0.1) is 0 Å². The number of carbonyl (C=O) groups excluding carboxylic acids is 1. The quantitative estimate of drug-likeness (QED) is 0.889. The van der Waals surface area contributed by atoms with Gasteiger partial charge in [0.2, 0.25) is 5.91 Å². The Morgan fingerprint density at radius 1 is 1.00 bits per heavy atom. The number of nitrogens with one attached hydrogen (secondary N) is 1. The lowest BCUT2D eigenvalue weighted by molar-refractivity contribution is -0.144. The van der Waals surface area contributed by atoms with Crippen molar-refractivity contribution in [2.24, 2.45) is 11.8 Å². The highest BCUT2D eigenvalue weighted by molar-refractivity contribution is 5.79. The summed E-state index contributed by atoms with van der Waals surface area (Å²) in [5.74, 6) is -0.972. The molecule has 2 unspecified atom stereocenters. The molecule has 1 heterocycles. The molecule has 0 bridgehead atoms. The van der Waals surface area contributed by atoms with Crippen LogP contribution in [-0.4, -0.2) is 29.6 Å². The molecule has 2 atom stereocenters. The van der Waals surface area contributed by atoms with Crippen LogP contribution in [0.25, 0.3) is 0 Å². The number of hydrogen-bond donors (Lipinski definition) is 2. The summed E-state index contributed by atoms with van der Waals surface area (Å²) < 4.78 is 5.85. The molecule has 1 aliphatic heterocycles. The third-order valence-electron chi connectivity index (χ3n) is 5.25. The highest BCUT2D eigenvalue weighted by atomic mass is 16.5. The van der Waals surface area contributed by atoms with Gasteiger partial charge in [0.25, 0.3) is 0 Å². The Morgan fingerprint density at radius 3 is 2.33 bits per heavy atom. The molecule has 0 aromatic heterocycles. The number of benzene rings is 1. The summed E-state index contributed by atoms with van der Waals surface area (Å²) >= 11 is 0. The SMILES string of the molecule is O=C(O)C1CCC(C(=O)NC2CCOC(c3ccccc3)C2)CC1. The van der Waals surface area contributed by atoms with Crippen LogP contribution in [0.5, 0.6) is 0 Å². The van der Waals surface area contributed by atoms with E-state index in [4.69, 9.17) is 9.84 Å². The summed E-state index contributed by atoms with van der Waals surface area (Å²) in [5.41, 5.74) is 1.15. The maximum absolute atomic E-state index is 12.5. The number of carboxylic acids is 1. The van der Waals surface area contributed by atoms with Gasteiger partial charge in [-0.25, -0.2) is 0 Å². The molecule has 5 nitrogen and oxygen atoms in total. The molecule has 5 heteroatoms. The molecule has 0 radical (unpaired) electrons. The third-order valence-corrected chi connectivity index (χ3v) is 5.25. The molecule has 1 aromatic rings. The second-order valence-corrected chi connectivity index (χ2v) is 6.89. The van der Waals surface area contributed by atoms with Crippen LogP contribution in [-0.2, 0) is 14.3 Å². The smallest absolute Gasteiger partial charge is 0.306 e. The largest absolute Gasteiger partial charge is 0.481 e. The van der Waals surface area contributed by atoms with Crippen LogP contribution in [0.1, 0.15) is 50.2 Å². The van der Waals surface area contributed by atoms with E-state index in [0.717, 1.165) is 18.4 Å². The van der Waals surface area contributed by atoms with Crippen molar-refractivity contribution in [3.8, 4) is 0 Å². The van der Waals surface area contributed by atoms with Crippen molar-refractivity contribution < 1.29 is 19.4 Å². The summed E-state index contributed by atoms with van der Waals surface area (Å²) in [7, 11) is 0.